The zero-order chi connectivity index (χ0) is 19.5. The molecule has 12 heteroatoms. The van der Waals surface area contributed by atoms with Crippen LogP contribution in [-0.2, 0) is 19.6 Å². The Hall–Kier alpha value is -0.790. The van der Waals surface area contributed by atoms with Crippen molar-refractivity contribution in [1.82, 2.24) is 4.31 Å². The molecule has 0 saturated carbocycles. The lowest BCUT2D eigenvalue weighted by molar-refractivity contribution is -0.142. The van der Waals surface area contributed by atoms with E-state index < -0.39 is 37.5 Å². The third kappa shape index (κ3) is 4.89. The summed E-state index contributed by atoms with van der Waals surface area (Å²) in [5.41, 5.74) is 0. The summed E-state index contributed by atoms with van der Waals surface area (Å²) < 4.78 is 77.9. The van der Waals surface area contributed by atoms with Crippen molar-refractivity contribution in [2.45, 2.75) is 50.2 Å². The Morgan fingerprint density at radius 2 is 1.96 bits per heavy atom. The summed E-state index contributed by atoms with van der Waals surface area (Å²) in [6.45, 7) is 3.21. The highest BCUT2D eigenvalue weighted by atomic mass is 32.3. The van der Waals surface area contributed by atoms with Gasteiger partial charge in [-0.3, -0.25) is 18.5 Å². The first-order chi connectivity index (χ1) is 11.4. The van der Waals surface area contributed by atoms with Crippen LogP contribution < -0.4 is 0 Å². The van der Waals surface area contributed by atoms with E-state index in [1.807, 2.05) is 0 Å². The first-order valence-electron chi connectivity index (χ1n) is 7.62. The van der Waals surface area contributed by atoms with Crippen LogP contribution in [0.4, 0.5) is 8.78 Å². The van der Waals surface area contributed by atoms with Gasteiger partial charge in [0.2, 0.25) is 0 Å². The number of ether oxygens (including phenoxy) is 1. The molecule has 1 aliphatic rings. The van der Waals surface area contributed by atoms with Crippen molar-refractivity contribution in [2.75, 3.05) is 6.54 Å². The number of hydrogen-bond donors (Lipinski definition) is 3. The molecule has 8 nitrogen and oxygen atoms in total. The van der Waals surface area contributed by atoms with E-state index in [1.165, 1.54) is 6.08 Å². The smallest absolute Gasteiger partial charge is 0.435 e. The second kappa shape index (κ2) is 8.27. The molecular formula is C13H23F2NO7S2. The lowest BCUT2D eigenvalue weighted by atomic mass is 10.1. The van der Waals surface area contributed by atoms with Crippen molar-refractivity contribution in [3.63, 3.8) is 0 Å². The largest absolute Gasteiger partial charge is 0.479 e. The molecule has 0 aromatic heterocycles. The van der Waals surface area contributed by atoms with Crippen LogP contribution in [0.3, 0.4) is 0 Å². The second-order valence-corrected chi connectivity index (χ2v) is 9.48. The normalized spacial score (nSPS) is 22.8. The maximum atomic E-state index is 13.8. The van der Waals surface area contributed by atoms with Crippen LogP contribution in [0, 0.1) is 5.92 Å². The van der Waals surface area contributed by atoms with E-state index in [0.717, 1.165) is 6.26 Å². The molecule has 1 saturated heterocycles. The third-order valence-electron chi connectivity index (χ3n) is 3.94. The number of piperidine rings is 1. The van der Waals surface area contributed by atoms with E-state index >= 15 is 0 Å². The number of rotatable bonds is 7. The lowest BCUT2D eigenvalue weighted by Gasteiger charge is -2.49. The van der Waals surface area contributed by atoms with Gasteiger partial charge in [0.05, 0.1) is 18.2 Å². The summed E-state index contributed by atoms with van der Waals surface area (Å²) in [7, 11) is -11.2. The second-order valence-electron chi connectivity index (χ2n) is 5.74. The van der Waals surface area contributed by atoms with Crippen molar-refractivity contribution in [3.05, 3.63) is 12.3 Å². The molecular weight excluding hydrogens is 384 g/mol. The maximum Gasteiger partial charge on any atom is 0.479 e. The van der Waals surface area contributed by atoms with Crippen LogP contribution >= 0.6 is 10.8 Å². The van der Waals surface area contributed by atoms with Gasteiger partial charge in [-0.1, -0.05) is 31.0 Å². The van der Waals surface area contributed by atoms with E-state index in [1.54, 1.807) is 13.8 Å². The first-order valence-corrected chi connectivity index (χ1v) is 10.6. The fourth-order valence-electron chi connectivity index (χ4n) is 2.20. The summed E-state index contributed by atoms with van der Waals surface area (Å²) in [5.74, 6) is -0.896. The van der Waals surface area contributed by atoms with Gasteiger partial charge < -0.3 is 4.74 Å². The van der Waals surface area contributed by atoms with Gasteiger partial charge in [-0.15, -0.1) is 0 Å². The van der Waals surface area contributed by atoms with Crippen LogP contribution in [0.5, 0.6) is 0 Å². The van der Waals surface area contributed by atoms with Gasteiger partial charge in [-0.2, -0.15) is 21.5 Å². The Kier molecular flexibility index (Phi) is 7.36. The fourth-order valence-corrected chi connectivity index (χ4v) is 4.82. The van der Waals surface area contributed by atoms with Crippen molar-refractivity contribution in [1.29, 1.82) is 0 Å². The van der Waals surface area contributed by atoms with Gasteiger partial charge in [0.1, 0.15) is 0 Å². The van der Waals surface area contributed by atoms with Gasteiger partial charge in [0, 0.05) is 6.54 Å². The van der Waals surface area contributed by atoms with Crippen LogP contribution in [0.15, 0.2) is 12.3 Å². The van der Waals surface area contributed by atoms with Crippen molar-refractivity contribution >= 4 is 26.9 Å². The predicted octanol–water partition coefficient (Wildman–Crippen LogP) is 3.05. The molecule has 0 aromatic rings. The van der Waals surface area contributed by atoms with Gasteiger partial charge in [0.15, 0.2) is 0 Å². The van der Waals surface area contributed by atoms with Crippen LogP contribution in [-0.4, -0.2) is 49.5 Å². The minimum absolute atomic E-state index is 0.217. The van der Waals surface area contributed by atoms with Crippen LogP contribution in [0.25, 0.3) is 0 Å². The quantitative estimate of drug-likeness (QED) is 0.334. The fraction of sp³-hybridized carbons (Fsp3) is 0.769. The number of esters is 1. The molecule has 148 valence electrons. The number of nitrogens with zero attached hydrogens (tertiary/aromatic N) is 1. The number of alkyl halides is 2. The summed E-state index contributed by atoms with van der Waals surface area (Å²) in [5, 5.41) is 0. The molecule has 0 bridgehead atoms. The molecule has 2 unspecified atom stereocenters. The minimum Gasteiger partial charge on any atom is -0.435 e. The van der Waals surface area contributed by atoms with Crippen LogP contribution in [0.2, 0.25) is 0 Å². The summed E-state index contributed by atoms with van der Waals surface area (Å²) >= 11 is 0. The molecule has 1 fully saturated rings. The summed E-state index contributed by atoms with van der Waals surface area (Å²) in [4.78, 5) is 11.6. The Morgan fingerprint density at radius 3 is 2.48 bits per heavy atom. The van der Waals surface area contributed by atoms with E-state index in [9.17, 15) is 31.1 Å². The predicted molar refractivity (Wildman–Crippen MR) is 88.4 cm³/mol. The Balaban J connectivity index is 2.98. The topological polar surface area (TPSA) is 124 Å². The molecule has 0 amide bonds. The van der Waals surface area contributed by atoms with Gasteiger partial charge >= 0.3 is 20.7 Å². The lowest BCUT2D eigenvalue weighted by Crippen LogP contribution is -2.49. The van der Waals surface area contributed by atoms with Crippen molar-refractivity contribution in [2.24, 2.45) is 5.92 Å². The Morgan fingerprint density at radius 1 is 1.36 bits per heavy atom. The number of carbonyl (C=O) groups is 1. The van der Waals surface area contributed by atoms with E-state index in [0.29, 0.717) is 23.6 Å². The molecule has 0 aromatic carbocycles. The SMILES string of the molecule is CCC(C)C(=O)O/C=C/C1CCCCN1S(O)(O)C(F)(F)S(=O)(=O)O. The molecule has 1 aliphatic heterocycles. The first kappa shape index (κ1) is 22.3. The average molecular weight is 407 g/mol. The zero-order valence-corrected chi connectivity index (χ0v) is 15.5. The van der Waals surface area contributed by atoms with Crippen molar-refractivity contribution < 1.29 is 40.4 Å². The number of halogens is 2. The standard InChI is InChI=1S/C13H23F2NO7S2/c1-3-10(2)12(17)23-9-7-11-6-4-5-8-16(11)24(18,19)13(14,15)25(20,21)22/h7,9-11,18-19H,3-6,8H2,1-2H3,(H,20,21,22)/b9-7+. The highest BCUT2D eigenvalue weighted by molar-refractivity contribution is 8.29. The van der Waals surface area contributed by atoms with E-state index in [2.05, 4.69) is 0 Å². The van der Waals surface area contributed by atoms with Gasteiger partial charge in [0.25, 0.3) is 0 Å². The zero-order valence-electron chi connectivity index (χ0n) is 13.8. The molecule has 3 N–H and O–H groups in total. The molecule has 2 atom stereocenters. The molecule has 25 heavy (non-hydrogen) atoms. The molecule has 1 rings (SSSR count). The van der Waals surface area contributed by atoms with Gasteiger partial charge in [-0.05, 0) is 25.3 Å². The summed E-state index contributed by atoms with van der Waals surface area (Å²) in [6.07, 6.45) is 3.82. The minimum atomic E-state index is -6.03. The third-order valence-corrected chi connectivity index (χ3v) is 7.59. The Bertz CT molecular complexity index is 609. The van der Waals surface area contributed by atoms with Crippen molar-refractivity contribution in [3.8, 4) is 0 Å². The highest BCUT2D eigenvalue weighted by Crippen LogP contribution is 2.61. The number of carbonyl (C=O) groups excluding carboxylic acids is 1. The highest BCUT2D eigenvalue weighted by Gasteiger charge is 2.60. The monoisotopic (exact) mass is 407 g/mol. The van der Waals surface area contributed by atoms with E-state index in [-0.39, 0.29) is 18.9 Å². The maximum absolute atomic E-state index is 13.8. The number of hydrogen-bond acceptors (Lipinski definition) is 7. The summed E-state index contributed by atoms with van der Waals surface area (Å²) in [6, 6.07) is -0.990. The molecule has 0 aliphatic carbocycles. The molecule has 0 spiro atoms. The average Bonchev–Trinajstić information content (AvgIpc) is 2.53. The molecule has 0 radical (unpaired) electrons. The van der Waals surface area contributed by atoms with E-state index in [4.69, 9.17) is 9.29 Å². The molecule has 1 heterocycles. The Labute approximate surface area is 147 Å². The van der Waals surface area contributed by atoms with Crippen LogP contribution in [0.1, 0.15) is 39.5 Å². The van der Waals surface area contributed by atoms with Gasteiger partial charge in [-0.25, -0.2) is 0 Å².